The van der Waals surface area contributed by atoms with Crippen LogP contribution in [0.5, 0.6) is 0 Å². The van der Waals surface area contributed by atoms with E-state index in [9.17, 15) is 14.4 Å². The van der Waals surface area contributed by atoms with Gasteiger partial charge in [-0.3, -0.25) is 19.3 Å². The Labute approximate surface area is 215 Å². The molecule has 0 N–H and O–H groups in total. The van der Waals surface area contributed by atoms with E-state index in [0.29, 0.717) is 0 Å². The molecule has 0 radical (unpaired) electrons. The molecule has 37 heavy (non-hydrogen) atoms. The third kappa shape index (κ3) is 3.07. The number of carbonyl (C=O) groups is 3. The number of likely N-dealkylation sites (tertiary alicyclic amines) is 1. The summed E-state index contributed by atoms with van der Waals surface area (Å²) in [6, 6.07) is 30.3. The first-order valence-corrected chi connectivity index (χ1v) is 12.8. The summed E-state index contributed by atoms with van der Waals surface area (Å²) in [4.78, 5) is 43.6. The fraction of sp³-hybridized carbons (Fsp3) is 0.219. The van der Waals surface area contributed by atoms with Gasteiger partial charge in [0.15, 0.2) is 0 Å². The van der Waals surface area contributed by atoms with Crippen molar-refractivity contribution in [3.63, 3.8) is 0 Å². The molecule has 0 spiro atoms. The van der Waals surface area contributed by atoms with E-state index in [1.807, 2.05) is 66.7 Å². The highest BCUT2D eigenvalue weighted by molar-refractivity contribution is 6.08. The number of fused-ring (bicyclic) bond motifs is 1. The van der Waals surface area contributed by atoms with Gasteiger partial charge in [-0.15, -0.1) is 0 Å². The van der Waals surface area contributed by atoms with Crippen molar-refractivity contribution in [1.82, 2.24) is 4.90 Å². The second-order valence-corrected chi connectivity index (χ2v) is 10.3. The summed E-state index contributed by atoms with van der Waals surface area (Å²) >= 11 is 0. The summed E-state index contributed by atoms with van der Waals surface area (Å²) in [5, 5.41) is 2.01. The summed E-state index contributed by atoms with van der Waals surface area (Å²) in [5.74, 6) is -1.38. The van der Waals surface area contributed by atoms with Crippen LogP contribution in [0, 0.1) is 11.8 Å². The van der Waals surface area contributed by atoms with Gasteiger partial charge in [0, 0.05) is 37.2 Å². The van der Waals surface area contributed by atoms with Crippen LogP contribution in [-0.2, 0) is 14.4 Å². The minimum Gasteiger partial charge on any atom is -0.310 e. The zero-order valence-electron chi connectivity index (χ0n) is 20.5. The topological polar surface area (TPSA) is 57.7 Å². The van der Waals surface area contributed by atoms with E-state index >= 15 is 0 Å². The first kappa shape index (κ1) is 22.0. The van der Waals surface area contributed by atoms with E-state index in [2.05, 4.69) is 24.3 Å². The molecule has 4 aliphatic rings. The molecule has 8 rings (SSSR count). The smallest absolute Gasteiger partial charge is 0.234 e. The molecule has 5 heteroatoms. The van der Waals surface area contributed by atoms with Gasteiger partial charge in [0.25, 0.3) is 0 Å². The van der Waals surface area contributed by atoms with Crippen LogP contribution in [0.3, 0.4) is 0 Å². The van der Waals surface area contributed by atoms with Crippen LogP contribution < -0.4 is 4.90 Å². The average Bonchev–Trinajstić information content (AvgIpc) is 3.18. The predicted octanol–water partition coefficient (Wildman–Crippen LogP) is 5.08. The maximum absolute atomic E-state index is 13.9. The molecular weight excluding hydrogens is 460 g/mol. The number of benzene rings is 4. The van der Waals surface area contributed by atoms with E-state index in [-0.39, 0.29) is 42.6 Å². The quantitative estimate of drug-likeness (QED) is 0.378. The van der Waals surface area contributed by atoms with Crippen molar-refractivity contribution in [3.8, 4) is 0 Å². The monoisotopic (exact) mass is 486 g/mol. The number of hydrogen-bond donors (Lipinski definition) is 0. The zero-order valence-corrected chi connectivity index (χ0v) is 20.5. The standard InChI is InChI=1S/C32H26N2O3/c1-19(35)33(26-16-8-10-20-9-2-3-11-21(20)26)17-18-34-31(36)29-27-22-12-4-5-13-23(22)28(30(29)32(34)37)25-15-7-6-14-24(25)27/h2-16,27-30H,17-18H2,1H3. The Hall–Kier alpha value is -4.25. The highest BCUT2D eigenvalue weighted by Crippen LogP contribution is 2.60. The molecule has 0 aromatic heterocycles. The van der Waals surface area contributed by atoms with E-state index < -0.39 is 11.8 Å². The average molecular weight is 487 g/mol. The van der Waals surface area contributed by atoms with Crippen LogP contribution in [0.25, 0.3) is 10.8 Å². The lowest BCUT2D eigenvalue weighted by molar-refractivity contribution is -0.140. The number of anilines is 1. The summed E-state index contributed by atoms with van der Waals surface area (Å²) in [7, 11) is 0. The molecule has 2 atom stereocenters. The SMILES string of the molecule is CC(=O)N(CCN1C(=O)C2C3c4ccccc4C(c4ccccc43)C2C1=O)c1cccc2ccccc12. The zero-order chi connectivity index (χ0) is 25.3. The van der Waals surface area contributed by atoms with Gasteiger partial charge in [0.1, 0.15) is 0 Å². The second kappa shape index (κ2) is 8.13. The van der Waals surface area contributed by atoms with Gasteiger partial charge in [0.2, 0.25) is 17.7 Å². The third-order valence-electron chi connectivity index (χ3n) is 8.52. The highest BCUT2D eigenvalue weighted by atomic mass is 16.2. The van der Waals surface area contributed by atoms with Gasteiger partial charge in [-0.25, -0.2) is 0 Å². The van der Waals surface area contributed by atoms with Crippen LogP contribution in [0.4, 0.5) is 5.69 Å². The molecule has 182 valence electrons. The van der Waals surface area contributed by atoms with E-state index in [1.165, 1.54) is 11.8 Å². The van der Waals surface area contributed by atoms with E-state index in [1.54, 1.807) is 4.90 Å². The van der Waals surface area contributed by atoms with Crippen molar-refractivity contribution in [3.05, 3.63) is 113 Å². The lowest BCUT2D eigenvalue weighted by Gasteiger charge is -2.45. The lowest BCUT2D eigenvalue weighted by atomic mass is 9.55. The summed E-state index contributed by atoms with van der Waals surface area (Å²) in [5.41, 5.74) is 5.45. The molecule has 3 amide bonds. The van der Waals surface area contributed by atoms with Gasteiger partial charge in [-0.05, 0) is 33.7 Å². The van der Waals surface area contributed by atoms with Gasteiger partial charge in [-0.2, -0.15) is 0 Å². The maximum Gasteiger partial charge on any atom is 0.234 e. The number of nitrogens with zero attached hydrogens (tertiary/aromatic N) is 2. The third-order valence-corrected chi connectivity index (χ3v) is 8.52. The lowest BCUT2D eigenvalue weighted by Crippen LogP contribution is -2.41. The number of amides is 3. The van der Waals surface area contributed by atoms with Gasteiger partial charge in [-0.1, -0.05) is 84.9 Å². The summed E-state index contributed by atoms with van der Waals surface area (Å²) < 4.78 is 0. The van der Waals surface area contributed by atoms with Crippen molar-refractivity contribution >= 4 is 34.2 Å². The first-order chi connectivity index (χ1) is 18.1. The minimum absolute atomic E-state index is 0.115. The molecule has 3 aliphatic carbocycles. The normalized spacial score (nSPS) is 23.1. The van der Waals surface area contributed by atoms with Gasteiger partial charge in [0.05, 0.1) is 17.5 Å². The Morgan fingerprint density at radius 1 is 0.703 bits per heavy atom. The fourth-order valence-corrected chi connectivity index (χ4v) is 7.05. The maximum atomic E-state index is 13.9. The molecule has 1 aliphatic heterocycles. The van der Waals surface area contributed by atoms with E-state index in [4.69, 9.17) is 0 Å². The Morgan fingerprint density at radius 3 is 1.73 bits per heavy atom. The first-order valence-electron chi connectivity index (χ1n) is 12.8. The summed E-state index contributed by atoms with van der Waals surface area (Å²) in [6.07, 6.45) is 0. The number of rotatable bonds is 4. The predicted molar refractivity (Wildman–Crippen MR) is 142 cm³/mol. The van der Waals surface area contributed by atoms with Gasteiger partial charge >= 0.3 is 0 Å². The van der Waals surface area contributed by atoms with Crippen LogP contribution in [0.2, 0.25) is 0 Å². The van der Waals surface area contributed by atoms with Crippen molar-refractivity contribution in [2.24, 2.45) is 11.8 Å². The molecule has 0 saturated carbocycles. The Bertz CT molecular complexity index is 1490. The molecule has 1 fully saturated rings. The largest absolute Gasteiger partial charge is 0.310 e. The molecule has 4 aromatic rings. The minimum atomic E-state index is -0.398. The molecule has 1 saturated heterocycles. The molecule has 5 nitrogen and oxygen atoms in total. The Kier molecular flexibility index (Phi) is 4.83. The van der Waals surface area contributed by atoms with E-state index in [0.717, 1.165) is 38.7 Å². The van der Waals surface area contributed by atoms with Gasteiger partial charge < -0.3 is 4.90 Å². The van der Waals surface area contributed by atoms with Crippen molar-refractivity contribution in [1.29, 1.82) is 0 Å². The van der Waals surface area contributed by atoms with Crippen molar-refractivity contribution in [2.45, 2.75) is 18.8 Å². The molecule has 4 aromatic carbocycles. The Morgan fingerprint density at radius 2 is 1.19 bits per heavy atom. The number of hydrogen-bond acceptors (Lipinski definition) is 3. The summed E-state index contributed by atoms with van der Waals surface area (Å²) in [6.45, 7) is 1.97. The van der Waals surface area contributed by atoms with Crippen LogP contribution in [-0.4, -0.2) is 35.7 Å². The molecular formula is C32H26N2O3. The highest BCUT2D eigenvalue weighted by Gasteiger charge is 2.61. The van der Waals surface area contributed by atoms with Crippen molar-refractivity contribution < 1.29 is 14.4 Å². The molecule has 2 unspecified atom stereocenters. The fourth-order valence-electron chi connectivity index (χ4n) is 7.05. The molecule has 2 bridgehead atoms. The Balaban J connectivity index is 1.24. The number of imide groups is 1. The van der Waals surface area contributed by atoms with Crippen LogP contribution >= 0.6 is 0 Å². The van der Waals surface area contributed by atoms with Crippen LogP contribution in [0.1, 0.15) is 41.0 Å². The van der Waals surface area contributed by atoms with Crippen molar-refractivity contribution in [2.75, 3.05) is 18.0 Å². The second-order valence-electron chi connectivity index (χ2n) is 10.3. The molecule has 1 heterocycles. The number of carbonyl (C=O) groups excluding carboxylic acids is 3. The van der Waals surface area contributed by atoms with Crippen LogP contribution in [0.15, 0.2) is 91.0 Å².